The third kappa shape index (κ3) is 4.04. The van der Waals surface area contributed by atoms with E-state index >= 15 is 0 Å². The molecule has 0 heterocycles. The molecule has 3 unspecified atom stereocenters. The first-order valence-corrected chi connectivity index (χ1v) is 7.57. The zero-order chi connectivity index (χ0) is 13.8. The van der Waals surface area contributed by atoms with E-state index in [4.69, 9.17) is 0 Å². The second kappa shape index (κ2) is 6.51. The molecule has 2 rings (SSSR count). The lowest BCUT2D eigenvalue weighted by Gasteiger charge is -2.33. The molecule has 1 nitrogen and oxygen atoms in total. The van der Waals surface area contributed by atoms with Crippen molar-refractivity contribution >= 4 is 0 Å². The van der Waals surface area contributed by atoms with Gasteiger partial charge in [-0.3, -0.25) is 0 Å². The van der Waals surface area contributed by atoms with Crippen molar-refractivity contribution in [1.29, 1.82) is 0 Å². The normalized spacial score (nSPS) is 25.5. The summed E-state index contributed by atoms with van der Waals surface area (Å²) in [5.41, 5.74) is 1.20. The van der Waals surface area contributed by atoms with Crippen LogP contribution >= 0.6 is 0 Å². The molecule has 0 radical (unpaired) electrons. The van der Waals surface area contributed by atoms with Gasteiger partial charge in [-0.25, -0.2) is 4.39 Å². The lowest BCUT2D eigenvalue weighted by Crippen LogP contribution is -2.38. The number of rotatable bonds is 4. The van der Waals surface area contributed by atoms with Crippen molar-refractivity contribution in [1.82, 2.24) is 5.32 Å². The van der Waals surface area contributed by atoms with Crippen LogP contribution in [0.25, 0.3) is 0 Å². The molecule has 106 valence electrons. The van der Waals surface area contributed by atoms with Gasteiger partial charge in [0, 0.05) is 12.1 Å². The predicted octanol–water partition coefficient (Wildman–Crippen LogP) is 4.69. The van der Waals surface area contributed by atoms with Crippen LogP contribution in [0.5, 0.6) is 0 Å². The van der Waals surface area contributed by atoms with E-state index in [2.05, 4.69) is 26.1 Å². The highest BCUT2D eigenvalue weighted by Crippen LogP contribution is 2.28. The Labute approximate surface area is 116 Å². The molecule has 2 heteroatoms. The zero-order valence-corrected chi connectivity index (χ0v) is 12.3. The van der Waals surface area contributed by atoms with E-state index in [0.29, 0.717) is 18.0 Å². The van der Waals surface area contributed by atoms with Crippen molar-refractivity contribution in [2.24, 2.45) is 11.8 Å². The topological polar surface area (TPSA) is 12.0 Å². The third-order valence-electron chi connectivity index (χ3n) is 4.25. The van der Waals surface area contributed by atoms with Crippen LogP contribution in [0.2, 0.25) is 0 Å². The molecule has 0 aliphatic heterocycles. The monoisotopic (exact) mass is 263 g/mol. The van der Waals surface area contributed by atoms with Crippen LogP contribution in [0.1, 0.15) is 58.1 Å². The minimum atomic E-state index is -0.155. The van der Waals surface area contributed by atoms with Gasteiger partial charge in [-0.15, -0.1) is 0 Å². The number of nitrogens with one attached hydrogen (secondary N) is 1. The van der Waals surface area contributed by atoms with Crippen LogP contribution < -0.4 is 5.32 Å². The Balaban J connectivity index is 2.05. The Morgan fingerprint density at radius 2 is 1.84 bits per heavy atom. The summed E-state index contributed by atoms with van der Waals surface area (Å²) < 4.78 is 13.0. The van der Waals surface area contributed by atoms with Crippen molar-refractivity contribution in [3.8, 4) is 0 Å². The Bertz CT molecular complexity index is 385. The van der Waals surface area contributed by atoms with Gasteiger partial charge in [-0.05, 0) is 42.4 Å². The molecule has 0 spiro atoms. The maximum atomic E-state index is 13.0. The molecular formula is C17H26FN. The molecular weight excluding hydrogens is 237 g/mol. The second-order valence-corrected chi connectivity index (χ2v) is 6.41. The molecule has 1 aromatic rings. The van der Waals surface area contributed by atoms with Gasteiger partial charge in [-0.2, -0.15) is 0 Å². The van der Waals surface area contributed by atoms with E-state index in [0.717, 1.165) is 5.92 Å². The van der Waals surface area contributed by atoms with E-state index in [9.17, 15) is 4.39 Å². The standard InChI is InChI=1S/C17H26FN/c1-12(2)17(14-7-9-15(18)10-8-14)19-16-6-4-5-13(3)11-16/h7-10,12-13,16-17,19H,4-6,11H2,1-3H3. The van der Waals surface area contributed by atoms with Gasteiger partial charge in [0.1, 0.15) is 5.82 Å². The lowest BCUT2D eigenvalue weighted by molar-refractivity contribution is 0.259. The molecule has 1 fully saturated rings. The van der Waals surface area contributed by atoms with Gasteiger partial charge < -0.3 is 5.32 Å². The summed E-state index contributed by atoms with van der Waals surface area (Å²) in [6.07, 6.45) is 5.23. The summed E-state index contributed by atoms with van der Waals surface area (Å²) in [5, 5.41) is 3.80. The van der Waals surface area contributed by atoms with Gasteiger partial charge in [0.2, 0.25) is 0 Å². The van der Waals surface area contributed by atoms with E-state index in [1.54, 1.807) is 12.1 Å². The minimum Gasteiger partial charge on any atom is -0.307 e. The van der Waals surface area contributed by atoms with Crippen molar-refractivity contribution in [3.63, 3.8) is 0 Å². The van der Waals surface area contributed by atoms with Crippen LogP contribution in [0, 0.1) is 17.7 Å². The van der Waals surface area contributed by atoms with Gasteiger partial charge in [0.15, 0.2) is 0 Å². The fourth-order valence-corrected chi connectivity index (χ4v) is 3.18. The molecule has 0 amide bonds. The Kier molecular flexibility index (Phi) is 4.98. The first kappa shape index (κ1) is 14.5. The largest absolute Gasteiger partial charge is 0.307 e. The number of hydrogen-bond acceptors (Lipinski definition) is 1. The summed E-state index contributed by atoms with van der Waals surface area (Å²) in [6.45, 7) is 6.80. The quantitative estimate of drug-likeness (QED) is 0.831. The summed E-state index contributed by atoms with van der Waals surface area (Å²) in [6, 6.07) is 7.90. The van der Waals surface area contributed by atoms with Gasteiger partial charge in [-0.1, -0.05) is 45.7 Å². The first-order valence-electron chi connectivity index (χ1n) is 7.57. The Morgan fingerprint density at radius 3 is 2.42 bits per heavy atom. The average Bonchev–Trinajstić information content (AvgIpc) is 2.37. The summed E-state index contributed by atoms with van der Waals surface area (Å²) in [7, 11) is 0. The minimum absolute atomic E-state index is 0.155. The van der Waals surface area contributed by atoms with Crippen LogP contribution in [0.4, 0.5) is 4.39 Å². The van der Waals surface area contributed by atoms with Crippen molar-refractivity contribution in [2.45, 2.75) is 58.5 Å². The predicted molar refractivity (Wildman–Crippen MR) is 78.5 cm³/mol. The molecule has 0 bridgehead atoms. The summed E-state index contributed by atoms with van der Waals surface area (Å²) in [4.78, 5) is 0. The third-order valence-corrected chi connectivity index (χ3v) is 4.25. The van der Waals surface area contributed by atoms with Crippen LogP contribution in [0.15, 0.2) is 24.3 Å². The van der Waals surface area contributed by atoms with Crippen molar-refractivity contribution in [2.75, 3.05) is 0 Å². The molecule has 19 heavy (non-hydrogen) atoms. The van der Waals surface area contributed by atoms with E-state index in [-0.39, 0.29) is 5.82 Å². The number of hydrogen-bond donors (Lipinski definition) is 1. The zero-order valence-electron chi connectivity index (χ0n) is 12.3. The SMILES string of the molecule is CC1CCCC(NC(c2ccc(F)cc2)C(C)C)C1. The first-order chi connectivity index (χ1) is 9.06. The number of benzene rings is 1. The van der Waals surface area contributed by atoms with E-state index in [1.165, 1.54) is 31.2 Å². The fourth-order valence-electron chi connectivity index (χ4n) is 3.18. The molecule has 1 aliphatic rings. The highest BCUT2D eigenvalue weighted by Gasteiger charge is 2.24. The molecule has 1 N–H and O–H groups in total. The van der Waals surface area contributed by atoms with Gasteiger partial charge in [0.05, 0.1) is 0 Å². The second-order valence-electron chi connectivity index (χ2n) is 6.41. The summed E-state index contributed by atoms with van der Waals surface area (Å²) >= 11 is 0. The Morgan fingerprint density at radius 1 is 1.16 bits per heavy atom. The van der Waals surface area contributed by atoms with E-state index in [1.807, 2.05) is 12.1 Å². The van der Waals surface area contributed by atoms with E-state index < -0.39 is 0 Å². The maximum absolute atomic E-state index is 13.0. The van der Waals surface area contributed by atoms with Crippen molar-refractivity contribution < 1.29 is 4.39 Å². The molecule has 1 aromatic carbocycles. The smallest absolute Gasteiger partial charge is 0.123 e. The molecule has 1 saturated carbocycles. The molecule has 3 atom stereocenters. The van der Waals surface area contributed by atoms with Crippen molar-refractivity contribution in [3.05, 3.63) is 35.6 Å². The van der Waals surface area contributed by atoms with Gasteiger partial charge >= 0.3 is 0 Å². The molecule has 1 aliphatic carbocycles. The fraction of sp³-hybridized carbons (Fsp3) is 0.647. The van der Waals surface area contributed by atoms with Crippen LogP contribution in [-0.4, -0.2) is 6.04 Å². The van der Waals surface area contributed by atoms with Gasteiger partial charge in [0.25, 0.3) is 0 Å². The number of halogens is 1. The highest BCUT2D eigenvalue weighted by atomic mass is 19.1. The lowest BCUT2D eigenvalue weighted by atomic mass is 9.85. The Hall–Kier alpha value is -0.890. The molecule has 0 saturated heterocycles. The molecule has 0 aromatic heterocycles. The average molecular weight is 263 g/mol. The summed E-state index contributed by atoms with van der Waals surface area (Å²) in [5.74, 6) is 1.19. The van der Waals surface area contributed by atoms with Crippen LogP contribution in [-0.2, 0) is 0 Å². The van der Waals surface area contributed by atoms with Crippen LogP contribution in [0.3, 0.4) is 0 Å². The highest BCUT2D eigenvalue weighted by molar-refractivity contribution is 5.20. The maximum Gasteiger partial charge on any atom is 0.123 e.